The quantitative estimate of drug-likeness (QED) is 0.877. The summed E-state index contributed by atoms with van der Waals surface area (Å²) in [6, 6.07) is 6.70. The van der Waals surface area contributed by atoms with Gasteiger partial charge in [0.25, 0.3) is 0 Å². The fraction of sp³-hybridized carbons (Fsp3) is 0.650. The van der Waals surface area contributed by atoms with Crippen LogP contribution in [0.3, 0.4) is 0 Å². The molecule has 1 aromatic carbocycles. The zero-order valence-electron chi connectivity index (χ0n) is 15.8. The number of benzene rings is 1. The number of carbonyl (C=O) groups is 1. The van der Waals surface area contributed by atoms with Gasteiger partial charge in [-0.3, -0.25) is 4.79 Å². The van der Waals surface area contributed by atoms with Crippen molar-refractivity contribution in [1.82, 2.24) is 4.72 Å². The van der Waals surface area contributed by atoms with Gasteiger partial charge in [-0.2, -0.15) is 0 Å². The second kappa shape index (κ2) is 5.80. The topological polar surface area (TPSA) is 66.5 Å². The number of hydrogen-bond acceptors (Lipinski definition) is 3. The summed E-state index contributed by atoms with van der Waals surface area (Å²) in [6.45, 7) is 7.50. The van der Waals surface area contributed by atoms with Crippen molar-refractivity contribution in [2.45, 2.75) is 63.8 Å². The Morgan fingerprint density at radius 2 is 1.85 bits per heavy atom. The summed E-state index contributed by atoms with van der Waals surface area (Å²) < 4.78 is 28.8. The molecule has 1 aromatic rings. The van der Waals surface area contributed by atoms with Gasteiger partial charge in [0, 0.05) is 24.7 Å². The number of anilines is 1. The third kappa shape index (κ3) is 2.53. The van der Waals surface area contributed by atoms with E-state index in [2.05, 4.69) is 25.5 Å². The molecule has 3 aliphatic rings. The molecular weight excluding hydrogens is 348 g/mol. The lowest BCUT2D eigenvalue weighted by molar-refractivity contribution is -0.117. The lowest BCUT2D eigenvalue weighted by Gasteiger charge is -2.39. The van der Waals surface area contributed by atoms with Crippen molar-refractivity contribution in [2.75, 3.05) is 11.4 Å². The predicted molar refractivity (Wildman–Crippen MR) is 101 cm³/mol. The molecule has 2 bridgehead atoms. The Morgan fingerprint density at radius 3 is 2.35 bits per heavy atom. The summed E-state index contributed by atoms with van der Waals surface area (Å²) in [4.78, 5) is 13.9. The number of rotatable bonds is 4. The maximum Gasteiger partial charge on any atom is 0.240 e. The molecule has 0 aromatic heterocycles. The fourth-order valence-corrected chi connectivity index (χ4v) is 6.73. The summed E-state index contributed by atoms with van der Waals surface area (Å²) in [6.07, 6.45) is 4.62. The Bertz CT molecular complexity index is 831. The summed E-state index contributed by atoms with van der Waals surface area (Å²) in [5.74, 6) is 0.694. The van der Waals surface area contributed by atoms with Gasteiger partial charge in [-0.05, 0) is 66.7 Å². The Kier molecular flexibility index (Phi) is 4.01. The van der Waals surface area contributed by atoms with Crippen LogP contribution in [0.2, 0.25) is 0 Å². The van der Waals surface area contributed by atoms with Gasteiger partial charge in [0.05, 0.1) is 4.90 Å². The second-order valence-electron chi connectivity index (χ2n) is 8.93. The molecule has 1 aliphatic heterocycles. The van der Waals surface area contributed by atoms with E-state index in [1.807, 2.05) is 0 Å². The van der Waals surface area contributed by atoms with E-state index in [1.54, 1.807) is 29.2 Å². The van der Waals surface area contributed by atoms with E-state index in [0.717, 1.165) is 24.9 Å². The van der Waals surface area contributed by atoms with E-state index in [0.29, 0.717) is 18.9 Å². The number of carbonyl (C=O) groups excluding carboxylic acids is 1. The maximum absolute atomic E-state index is 12.9. The van der Waals surface area contributed by atoms with Crippen LogP contribution in [0, 0.1) is 16.7 Å². The van der Waals surface area contributed by atoms with Gasteiger partial charge in [0.1, 0.15) is 0 Å². The van der Waals surface area contributed by atoms with Gasteiger partial charge in [0.2, 0.25) is 15.9 Å². The van der Waals surface area contributed by atoms with Crippen LogP contribution < -0.4 is 9.62 Å². The summed E-state index contributed by atoms with van der Waals surface area (Å²) in [5, 5.41) is 0. The predicted octanol–water partition coefficient (Wildman–Crippen LogP) is 3.31. The number of hydrogen-bond donors (Lipinski definition) is 1. The molecular formula is C20H28N2O3S. The molecule has 2 saturated carbocycles. The minimum Gasteiger partial charge on any atom is -0.312 e. The van der Waals surface area contributed by atoms with Crippen LogP contribution in [-0.4, -0.2) is 26.9 Å². The molecule has 4 rings (SSSR count). The maximum atomic E-state index is 12.9. The van der Waals surface area contributed by atoms with Crippen molar-refractivity contribution in [3.8, 4) is 0 Å². The van der Waals surface area contributed by atoms with E-state index >= 15 is 0 Å². The zero-order chi connectivity index (χ0) is 18.7. The number of fused-ring (bicyclic) bond motifs is 2. The van der Waals surface area contributed by atoms with E-state index in [-0.39, 0.29) is 27.7 Å². The smallest absolute Gasteiger partial charge is 0.240 e. The molecule has 1 N–H and O–H groups in total. The Hall–Kier alpha value is -1.40. The molecule has 1 saturated heterocycles. The first-order valence-corrected chi connectivity index (χ1v) is 11.1. The molecule has 1 amide bonds. The monoisotopic (exact) mass is 376 g/mol. The van der Waals surface area contributed by atoms with Crippen LogP contribution >= 0.6 is 0 Å². The first-order valence-electron chi connectivity index (χ1n) is 9.58. The van der Waals surface area contributed by atoms with Crippen molar-refractivity contribution in [2.24, 2.45) is 16.7 Å². The summed E-state index contributed by atoms with van der Waals surface area (Å²) in [7, 11) is -3.56. The van der Waals surface area contributed by atoms with Gasteiger partial charge in [-0.1, -0.05) is 20.8 Å². The lowest BCUT2D eigenvalue weighted by atomic mass is 9.69. The van der Waals surface area contributed by atoms with Crippen LogP contribution in [0.5, 0.6) is 0 Å². The van der Waals surface area contributed by atoms with Crippen molar-refractivity contribution >= 4 is 21.6 Å². The van der Waals surface area contributed by atoms with E-state index < -0.39 is 10.0 Å². The van der Waals surface area contributed by atoms with Crippen LogP contribution in [0.15, 0.2) is 29.2 Å². The van der Waals surface area contributed by atoms with Crippen molar-refractivity contribution in [1.29, 1.82) is 0 Å². The zero-order valence-corrected chi connectivity index (χ0v) is 16.6. The number of nitrogens with zero attached hydrogens (tertiary/aromatic N) is 1. The average molecular weight is 377 g/mol. The standard InChI is InChI=1S/C20H28N2O3S/c1-19(2)14-10-11-20(19,3)17(13-14)21-26(24,25)16-8-6-15(7-9-16)22-12-4-5-18(22)23/h6-9,14,17,21H,4-5,10-13H2,1-3H3. The normalized spacial score (nSPS) is 33.2. The van der Waals surface area contributed by atoms with Gasteiger partial charge in [-0.15, -0.1) is 0 Å². The minimum atomic E-state index is -3.56. The molecule has 5 nitrogen and oxygen atoms in total. The molecule has 3 atom stereocenters. The molecule has 142 valence electrons. The largest absolute Gasteiger partial charge is 0.312 e. The molecule has 6 heteroatoms. The average Bonchev–Trinajstić information content (AvgIpc) is 3.16. The lowest BCUT2D eigenvalue weighted by Crippen LogP contribution is -2.46. The van der Waals surface area contributed by atoms with Gasteiger partial charge >= 0.3 is 0 Å². The molecule has 2 aliphatic carbocycles. The molecule has 3 unspecified atom stereocenters. The van der Waals surface area contributed by atoms with Crippen LogP contribution in [0.1, 0.15) is 52.9 Å². The molecule has 1 heterocycles. The van der Waals surface area contributed by atoms with Gasteiger partial charge in [-0.25, -0.2) is 13.1 Å². The Balaban J connectivity index is 1.53. The van der Waals surface area contributed by atoms with Crippen LogP contribution in [0.25, 0.3) is 0 Å². The van der Waals surface area contributed by atoms with Gasteiger partial charge < -0.3 is 4.90 Å². The Labute approximate surface area is 156 Å². The SMILES string of the molecule is CC1(C)C2CCC1(C)C(NS(=O)(=O)c1ccc(N3CCCC3=O)cc1)C2. The highest BCUT2D eigenvalue weighted by atomic mass is 32.2. The molecule has 0 spiro atoms. The third-order valence-electron chi connectivity index (χ3n) is 7.62. The van der Waals surface area contributed by atoms with Crippen LogP contribution in [-0.2, 0) is 14.8 Å². The van der Waals surface area contributed by atoms with Gasteiger partial charge in [0.15, 0.2) is 0 Å². The van der Waals surface area contributed by atoms with E-state index in [4.69, 9.17) is 0 Å². The summed E-state index contributed by atoms with van der Waals surface area (Å²) in [5.41, 5.74) is 0.951. The summed E-state index contributed by atoms with van der Waals surface area (Å²) >= 11 is 0. The fourth-order valence-electron chi connectivity index (χ4n) is 5.36. The second-order valence-corrected chi connectivity index (χ2v) is 10.6. The third-order valence-corrected chi connectivity index (χ3v) is 9.11. The first-order chi connectivity index (χ1) is 12.1. The highest BCUT2D eigenvalue weighted by Gasteiger charge is 2.61. The van der Waals surface area contributed by atoms with Crippen molar-refractivity contribution in [3.63, 3.8) is 0 Å². The molecule has 0 radical (unpaired) electrons. The molecule has 26 heavy (non-hydrogen) atoms. The minimum absolute atomic E-state index is 0.00659. The molecule has 3 fully saturated rings. The first kappa shape index (κ1) is 18.0. The van der Waals surface area contributed by atoms with E-state index in [9.17, 15) is 13.2 Å². The highest BCUT2D eigenvalue weighted by Crippen LogP contribution is 2.65. The van der Waals surface area contributed by atoms with E-state index in [1.165, 1.54) is 6.42 Å². The van der Waals surface area contributed by atoms with Crippen molar-refractivity contribution < 1.29 is 13.2 Å². The highest BCUT2D eigenvalue weighted by molar-refractivity contribution is 7.89. The van der Waals surface area contributed by atoms with Crippen molar-refractivity contribution in [3.05, 3.63) is 24.3 Å². The number of sulfonamides is 1. The van der Waals surface area contributed by atoms with Crippen LogP contribution in [0.4, 0.5) is 5.69 Å². The Morgan fingerprint density at radius 1 is 1.15 bits per heavy atom. The number of nitrogens with one attached hydrogen (secondary N) is 1. The number of amides is 1.